The van der Waals surface area contributed by atoms with E-state index in [1.165, 1.54) is 51.4 Å². The van der Waals surface area contributed by atoms with Crippen LogP contribution in [0.25, 0.3) is 0 Å². The fourth-order valence-corrected chi connectivity index (χ4v) is 5.41. The number of amides is 4. The highest BCUT2D eigenvalue weighted by Gasteiger charge is 2.05. The number of ether oxygens (including phenoxy) is 4. The molecule has 316 valence electrons. The minimum absolute atomic E-state index is 0.0114. The quantitative estimate of drug-likeness (QED) is 0.0491. The van der Waals surface area contributed by atoms with E-state index >= 15 is 0 Å². The molecule has 0 atom stereocenters. The van der Waals surface area contributed by atoms with Gasteiger partial charge in [0.1, 0.15) is 13.2 Å². The highest BCUT2D eigenvalue weighted by atomic mass is 16.5. The smallest absolute Gasteiger partial charge is 0.303 e. The third-order valence-corrected chi connectivity index (χ3v) is 8.50. The van der Waals surface area contributed by atoms with Crippen LogP contribution in [0.1, 0.15) is 135 Å². The van der Waals surface area contributed by atoms with E-state index in [2.05, 4.69) is 21.3 Å². The first-order valence-corrected chi connectivity index (χ1v) is 20.6. The lowest BCUT2D eigenvalue weighted by atomic mass is 10.0. The van der Waals surface area contributed by atoms with E-state index in [4.69, 9.17) is 29.8 Å². The van der Waals surface area contributed by atoms with Crippen LogP contribution in [0.4, 0.5) is 0 Å². The van der Waals surface area contributed by atoms with E-state index in [1.807, 2.05) is 0 Å². The minimum atomic E-state index is -0.694. The number of hydrogen-bond donors (Lipinski definition) is 6. The summed E-state index contributed by atoms with van der Waals surface area (Å²) in [5, 5.41) is 19.8. The molecule has 0 aromatic heterocycles. The number of rotatable bonds is 42. The molecule has 0 unspecified atom stereocenters. The van der Waals surface area contributed by atoms with Gasteiger partial charge in [-0.15, -0.1) is 0 Å². The second kappa shape index (κ2) is 41.3. The van der Waals surface area contributed by atoms with Gasteiger partial charge in [-0.2, -0.15) is 0 Å². The average molecular weight is 774 g/mol. The van der Waals surface area contributed by atoms with Gasteiger partial charge in [0.05, 0.1) is 39.6 Å². The van der Waals surface area contributed by atoms with Crippen molar-refractivity contribution in [2.24, 2.45) is 5.73 Å². The van der Waals surface area contributed by atoms with Crippen LogP contribution in [0.15, 0.2) is 0 Å². The molecule has 0 bridgehead atoms. The summed E-state index contributed by atoms with van der Waals surface area (Å²) in [7, 11) is 0. The van der Waals surface area contributed by atoms with Crippen molar-refractivity contribution in [2.75, 3.05) is 85.6 Å². The molecule has 0 fully saturated rings. The Balaban J connectivity index is 3.36. The van der Waals surface area contributed by atoms with E-state index in [9.17, 15) is 24.0 Å². The molecule has 0 spiro atoms. The number of nitrogens with one attached hydrogen (secondary N) is 4. The first kappa shape index (κ1) is 51.1. The van der Waals surface area contributed by atoms with Crippen LogP contribution in [0.3, 0.4) is 0 Å². The Morgan fingerprint density at radius 2 is 0.722 bits per heavy atom. The molecule has 4 amide bonds. The van der Waals surface area contributed by atoms with Gasteiger partial charge in [0.2, 0.25) is 23.6 Å². The molecule has 0 rings (SSSR count). The molecule has 15 nitrogen and oxygen atoms in total. The van der Waals surface area contributed by atoms with Crippen LogP contribution < -0.4 is 27.0 Å². The Morgan fingerprint density at radius 3 is 1.20 bits per heavy atom. The summed E-state index contributed by atoms with van der Waals surface area (Å²) in [5.41, 5.74) is 5.43. The van der Waals surface area contributed by atoms with Gasteiger partial charge in [0.25, 0.3) is 0 Å². The predicted molar refractivity (Wildman–Crippen MR) is 209 cm³/mol. The second-order valence-corrected chi connectivity index (χ2v) is 13.5. The molecule has 0 saturated heterocycles. The minimum Gasteiger partial charge on any atom is -0.481 e. The molecule has 0 aromatic carbocycles. The Labute approximate surface area is 324 Å². The van der Waals surface area contributed by atoms with Gasteiger partial charge >= 0.3 is 5.97 Å². The van der Waals surface area contributed by atoms with Gasteiger partial charge in [-0.3, -0.25) is 24.0 Å². The van der Waals surface area contributed by atoms with Crippen molar-refractivity contribution in [1.82, 2.24) is 21.3 Å². The summed E-state index contributed by atoms with van der Waals surface area (Å²) in [4.78, 5) is 58.0. The van der Waals surface area contributed by atoms with Crippen molar-refractivity contribution in [3.63, 3.8) is 0 Å². The molecule has 0 aliphatic heterocycles. The summed E-state index contributed by atoms with van der Waals surface area (Å²) in [6.45, 7) is 4.17. The van der Waals surface area contributed by atoms with E-state index in [-0.39, 0.29) is 50.1 Å². The van der Waals surface area contributed by atoms with Crippen LogP contribution in [-0.4, -0.2) is 120 Å². The molecule has 0 aliphatic carbocycles. The summed E-state index contributed by atoms with van der Waals surface area (Å²) in [6, 6.07) is 0. The number of hydrogen-bond acceptors (Lipinski definition) is 10. The predicted octanol–water partition coefficient (Wildman–Crippen LogP) is 3.75. The molecule has 7 N–H and O–H groups in total. The van der Waals surface area contributed by atoms with Crippen molar-refractivity contribution >= 4 is 29.6 Å². The Morgan fingerprint density at radius 1 is 0.370 bits per heavy atom. The maximum Gasteiger partial charge on any atom is 0.303 e. The lowest BCUT2D eigenvalue weighted by molar-refractivity contribution is -0.137. The first-order chi connectivity index (χ1) is 26.3. The number of unbranched alkanes of at least 4 members (excludes halogenated alkanes) is 15. The Hall–Kier alpha value is -2.85. The van der Waals surface area contributed by atoms with Gasteiger partial charge in [-0.05, 0) is 38.6 Å². The largest absolute Gasteiger partial charge is 0.481 e. The highest BCUT2D eigenvalue weighted by molar-refractivity contribution is 5.78. The van der Waals surface area contributed by atoms with Gasteiger partial charge in [-0.25, -0.2) is 0 Å². The van der Waals surface area contributed by atoms with Crippen LogP contribution in [0.5, 0.6) is 0 Å². The monoisotopic (exact) mass is 774 g/mol. The Kier molecular flexibility index (Phi) is 39.1. The zero-order chi connectivity index (χ0) is 39.6. The summed E-state index contributed by atoms with van der Waals surface area (Å²) in [6.07, 6.45) is 20.7. The summed E-state index contributed by atoms with van der Waals surface area (Å²) >= 11 is 0. The number of aliphatic carboxylic acids is 1. The van der Waals surface area contributed by atoms with Crippen molar-refractivity contribution in [1.29, 1.82) is 0 Å². The summed E-state index contributed by atoms with van der Waals surface area (Å²) < 4.78 is 21.4. The number of nitrogens with two attached hydrogens (primary N) is 1. The molecular formula is C39H75N5O10. The second-order valence-electron chi connectivity index (χ2n) is 13.5. The Bertz CT molecular complexity index is 928. The molecule has 0 saturated carbocycles. The third-order valence-electron chi connectivity index (χ3n) is 8.50. The van der Waals surface area contributed by atoms with Crippen molar-refractivity contribution in [3.05, 3.63) is 0 Å². The molecule has 0 heterocycles. The SMILES string of the molecule is NCCCCCNC(=O)COCCOCCNC(=O)COCCOCCNC(=O)CCCNC(=O)CCCCCCCCCCCCCCCCC(=O)O. The topological polar surface area (TPSA) is 217 Å². The van der Waals surface area contributed by atoms with Crippen LogP contribution in [0.2, 0.25) is 0 Å². The van der Waals surface area contributed by atoms with E-state index in [1.54, 1.807) is 0 Å². The van der Waals surface area contributed by atoms with E-state index < -0.39 is 5.97 Å². The van der Waals surface area contributed by atoms with E-state index in [0.29, 0.717) is 84.8 Å². The third kappa shape index (κ3) is 41.9. The normalized spacial score (nSPS) is 11.0. The number of carbonyl (C=O) groups excluding carboxylic acids is 4. The zero-order valence-electron chi connectivity index (χ0n) is 33.2. The van der Waals surface area contributed by atoms with E-state index in [0.717, 1.165) is 57.8 Å². The fraction of sp³-hybridized carbons (Fsp3) is 0.872. The van der Waals surface area contributed by atoms with Crippen LogP contribution >= 0.6 is 0 Å². The first-order valence-electron chi connectivity index (χ1n) is 20.6. The molecule has 0 aromatic rings. The van der Waals surface area contributed by atoms with Gasteiger partial charge < -0.3 is 51.1 Å². The lowest BCUT2D eigenvalue weighted by Crippen LogP contribution is -2.32. The molecule has 0 aliphatic rings. The van der Waals surface area contributed by atoms with Gasteiger partial charge in [0, 0.05) is 45.4 Å². The fourth-order valence-electron chi connectivity index (χ4n) is 5.41. The molecule has 0 radical (unpaired) electrons. The van der Waals surface area contributed by atoms with Crippen molar-refractivity contribution in [2.45, 2.75) is 135 Å². The number of carboxylic acids is 1. The molecular weight excluding hydrogens is 698 g/mol. The highest BCUT2D eigenvalue weighted by Crippen LogP contribution is 2.13. The van der Waals surface area contributed by atoms with Crippen LogP contribution in [0, 0.1) is 0 Å². The van der Waals surface area contributed by atoms with Gasteiger partial charge in [0.15, 0.2) is 0 Å². The zero-order valence-corrected chi connectivity index (χ0v) is 33.2. The maximum absolute atomic E-state index is 12.1. The van der Waals surface area contributed by atoms with Crippen molar-refractivity contribution in [3.8, 4) is 0 Å². The van der Waals surface area contributed by atoms with Crippen molar-refractivity contribution < 1.29 is 48.0 Å². The number of carboxylic acid groups (broad SMARTS) is 1. The lowest BCUT2D eigenvalue weighted by Gasteiger charge is -2.09. The summed E-state index contributed by atoms with van der Waals surface area (Å²) in [5.74, 6) is -1.16. The molecule has 15 heteroatoms. The maximum atomic E-state index is 12.1. The van der Waals surface area contributed by atoms with Crippen LogP contribution in [-0.2, 0) is 42.9 Å². The molecule has 54 heavy (non-hydrogen) atoms. The average Bonchev–Trinajstić information content (AvgIpc) is 3.15. The number of carbonyl (C=O) groups is 5. The standard InChI is InChI=1S/C39H75N5O10/c40-22-16-13-17-23-42-37(47)33-53-31-30-52-28-26-44-38(48)34-54-32-29-51-27-25-43-36(46)20-18-24-41-35(45)19-14-11-9-7-5-3-1-2-4-6-8-10-12-15-21-39(49)50/h1-34,40H2,(H,41,45)(H,42,47)(H,43,46)(H,44,48)(H,49,50). The van der Waals surface area contributed by atoms with Gasteiger partial charge in [-0.1, -0.05) is 83.5 Å².